The Bertz CT molecular complexity index is 321. The first-order valence-corrected chi connectivity index (χ1v) is 8.72. The first-order chi connectivity index (χ1) is 9.35. The monoisotopic (exact) mass is 263 g/mol. The van der Waals surface area contributed by atoms with Crippen LogP contribution in [-0.2, 0) is 4.74 Å². The van der Waals surface area contributed by atoms with Crippen molar-refractivity contribution >= 4 is 0 Å². The quantitative estimate of drug-likeness (QED) is 0.838. The number of hydrogen-bond donors (Lipinski definition) is 1. The van der Waals surface area contributed by atoms with Crippen molar-refractivity contribution in [1.29, 1.82) is 0 Å². The van der Waals surface area contributed by atoms with Crippen LogP contribution in [0.2, 0.25) is 0 Å². The molecule has 19 heavy (non-hydrogen) atoms. The third-order valence-electron chi connectivity index (χ3n) is 6.37. The van der Waals surface area contributed by atoms with E-state index in [4.69, 9.17) is 4.74 Å². The molecule has 3 unspecified atom stereocenters. The second-order valence-corrected chi connectivity index (χ2v) is 7.68. The van der Waals surface area contributed by atoms with Gasteiger partial charge in [-0.1, -0.05) is 6.42 Å². The number of nitrogens with one attached hydrogen (secondary N) is 1. The number of hydrogen-bond acceptors (Lipinski definition) is 2. The molecule has 4 aliphatic rings. The molecule has 0 aromatic heterocycles. The lowest BCUT2D eigenvalue weighted by Gasteiger charge is -2.49. The Balaban J connectivity index is 1.36. The van der Waals surface area contributed by atoms with Gasteiger partial charge in [0.15, 0.2) is 0 Å². The van der Waals surface area contributed by atoms with Crippen LogP contribution < -0.4 is 5.32 Å². The van der Waals surface area contributed by atoms with Crippen LogP contribution in [0.15, 0.2) is 0 Å². The van der Waals surface area contributed by atoms with Gasteiger partial charge < -0.3 is 10.1 Å². The molecule has 0 amide bonds. The molecule has 3 saturated carbocycles. The summed E-state index contributed by atoms with van der Waals surface area (Å²) in [5.41, 5.74) is 0.347. The minimum Gasteiger partial charge on any atom is -0.375 e. The van der Waals surface area contributed by atoms with Gasteiger partial charge in [-0.3, -0.25) is 0 Å². The van der Waals surface area contributed by atoms with E-state index in [-0.39, 0.29) is 0 Å². The van der Waals surface area contributed by atoms with Gasteiger partial charge >= 0.3 is 0 Å². The van der Waals surface area contributed by atoms with Crippen molar-refractivity contribution < 1.29 is 4.74 Å². The molecule has 0 bridgehead atoms. The minimum absolute atomic E-state index is 0.347. The molecule has 2 heteroatoms. The maximum absolute atomic E-state index is 6.12. The van der Waals surface area contributed by atoms with Gasteiger partial charge in [-0.15, -0.1) is 0 Å². The zero-order valence-electron chi connectivity index (χ0n) is 12.2. The van der Waals surface area contributed by atoms with Crippen LogP contribution in [-0.4, -0.2) is 24.8 Å². The molecule has 1 aliphatic heterocycles. The maximum Gasteiger partial charge on any atom is 0.0685 e. The van der Waals surface area contributed by atoms with Crippen LogP contribution in [0.25, 0.3) is 0 Å². The zero-order valence-corrected chi connectivity index (χ0v) is 12.2. The predicted octanol–water partition coefficient (Wildman–Crippen LogP) is 3.50. The van der Waals surface area contributed by atoms with Crippen LogP contribution in [0.1, 0.15) is 64.2 Å². The lowest BCUT2D eigenvalue weighted by molar-refractivity contribution is -0.151. The SMILES string of the molecule is C1CC(CNC2CC2)C(C2CCOC3(CCC3)C2)C1. The molecule has 2 nitrogen and oxygen atoms in total. The van der Waals surface area contributed by atoms with Crippen LogP contribution >= 0.6 is 0 Å². The van der Waals surface area contributed by atoms with E-state index >= 15 is 0 Å². The average Bonchev–Trinajstić information content (AvgIpc) is 3.11. The third kappa shape index (κ3) is 2.58. The Morgan fingerprint density at radius 2 is 1.89 bits per heavy atom. The maximum atomic E-state index is 6.12. The summed E-state index contributed by atoms with van der Waals surface area (Å²) in [6.07, 6.45) is 14.1. The first-order valence-electron chi connectivity index (χ1n) is 8.72. The van der Waals surface area contributed by atoms with E-state index in [9.17, 15) is 0 Å². The van der Waals surface area contributed by atoms with Crippen molar-refractivity contribution in [1.82, 2.24) is 5.32 Å². The summed E-state index contributed by atoms with van der Waals surface area (Å²) in [7, 11) is 0. The van der Waals surface area contributed by atoms with Gasteiger partial charge in [0.05, 0.1) is 5.60 Å². The molecule has 0 radical (unpaired) electrons. The molecule has 1 N–H and O–H groups in total. The van der Waals surface area contributed by atoms with E-state index in [0.717, 1.165) is 30.4 Å². The van der Waals surface area contributed by atoms with E-state index < -0.39 is 0 Å². The Labute approximate surface area is 117 Å². The van der Waals surface area contributed by atoms with Crippen LogP contribution in [0, 0.1) is 17.8 Å². The Kier molecular flexibility index (Phi) is 3.35. The second-order valence-electron chi connectivity index (χ2n) is 7.68. The summed E-state index contributed by atoms with van der Waals surface area (Å²) in [6, 6.07) is 0.883. The van der Waals surface area contributed by atoms with Gasteiger partial charge in [0.2, 0.25) is 0 Å². The molecule has 4 rings (SSSR count). The van der Waals surface area contributed by atoms with Gasteiger partial charge in [-0.05, 0) is 82.1 Å². The zero-order chi connectivity index (χ0) is 12.7. The van der Waals surface area contributed by atoms with Crippen molar-refractivity contribution in [3.05, 3.63) is 0 Å². The number of ether oxygens (including phenoxy) is 1. The molecule has 1 saturated heterocycles. The van der Waals surface area contributed by atoms with Gasteiger partial charge in [-0.2, -0.15) is 0 Å². The summed E-state index contributed by atoms with van der Waals surface area (Å²) in [5, 5.41) is 3.79. The highest BCUT2D eigenvalue weighted by atomic mass is 16.5. The van der Waals surface area contributed by atoms with E-state index in [1.165, 1.54) is 70.8 Å². The standard InChI is InChI=1S/C17H29NO/c1-3-14(12-18-15-5-6-15)16(4-1)13-7-10-19-17(11-13)8-2-9-17/h13-16,18H,1-12H2. The topological polar surface area (TPSA) is 21.3 Å². The van der Waals surface area contributed by atoms with Crippen molar-refractivity contribution in [3.63, 3.8) is 0 Å². The summed E-state index contributed by atoms with van der Waals surface area (Å²) < 4.78 is 6.12. The molecule has 3 aliphatic carbocycles. The van der Waals surface area contributed by atoms with E-state index in [0.29, 0.717) is 5.60 Å². The largest absolute Gasteiger partial charge is 0.375 e. The Morgan fingerprint density at radius 1 is 1.00 bits per heavy atom. The van der Waals surface area contributed by atoms with Crippen molar-refractivity contribution in [2.24, 2.45) is 17.8 Å². The third-order valence-corrected chi connectivity index (χ3v) is 6.37. The fourth-order valence-corrected chi connectivity index (χ4v) is 4.90. The smallest absolute Gasteiger partial charge is 0.0685 e. The molecule has 1 heterocycles. The highest BCUT2D eigenvalue weighted by Gasteiger charge is 2.46. The molecule has 0 aromatic rings. The van der Waals surface area contributed by atoms with Gasteiger partial charge in [0.1, 0.15) is 0 Å². The summed E-state index contributed by atoms with van der Waals surface area (Å²) in [4.78, 5) is 0. The summed E-state index contributed by atoms with van der Waals surface area (Å²) >= 11 is 0. The molecule has 108 valence electrons. The van der Waals surface area contributed by atoms with Gasteiger partial charge in [0, 0.05) is 12.6 Å². The second kappa shape index (κ2) is 5.04. The fraction of sp³-hybridized carbons (Fsp3) is 1.00. The Hall–Kier alpha value is -0.0800. The van der Waals surface area contributed by atoms with Crippen molar-refractivity contribution in [2.45, 2.75) is 75.9 Å². The minimum atomic E-state index is 0.347. The fourth-order valence-electron chi connectivity index (χ4n) is 4.90. The van der Waals surface area contributed by atoms with Crippen molar-refractivity contribution in [3.8, 4) is 0 Å². The first kappa shape index (κ1) is 12.6. The van der Waals surface area contributed by atoms with E-state index in [1.807, 2.05) is 0 Å². The highest BCUT2D eigenvalue weighted by molar-refractivity contribution is 4.97. The van der Waals surface area contributed by atoms with E-state index in [1.54, 1.807) is 0 Å². The summed E-state index contributed by atoms with van der Waals surface area (Å²) in [6.45, 7) is 2.35. The van der Waals surface area contributed by atoms with Crippen LogP contribution in [0.5, 0.6) is 0 Å². The lowest BCUT2D eigenvalue weighted by atomic mass is 9.67. The van der Waals surface area contributed by atoms with Crippen LogP contribution in [0.4, 0.5) is 0 Å². The normalized spacial score (nSPS) is 41.4. The molecule has 4 fully saturated rings. The van der Waals surface area contributed by atoms with E-state index in [2.05, 4.69) is 5.32 Å². The highest BCUT2D eigenvalue weighted by Crippen LogP contribution is 2.49. The van der Waals surface area contributed by atoms with Crippen molar-refractivity contribution in [2.75, 3.05) is 13.2 Å². The number of rotatable bonds is 4. The lowest BCUT2D eigenvalue weighted by Crippen LogP contribution is -2.47. The molecule has 1 spiro atoms. The molecular formula is C17H29NO. The molecule has 3 atom stereocenters. The summed E-state index contributed by atoms with van der Waals surface area (Å²) in [5.74, 6) is 2.95. The molecule has 0 aromatic carbocycles. The van der Waals surface area contributed by atoms with Gasteiger partial charge in [0.25, 0.3) is 0 Å². The Morgan fingerprint density at radius 3 is 2.63 bits per heavy atom. The predicted molar refractivity (Wildman–Crippen MR) is 77.1 cm³/mol. The molecular weight excluding hydrogens is 234 g/mol. The van der Waals surface area contributed by atoms with Crippen LogP contribution in [0.3, 0.4) is 0 Å². The van der Waals surface area contributed by atoms with Gasteiger partial charge in [-0.25, -0.2) is 0 Å². The average molecular weight is 263 g/mol.